The van der Waals surface area contributed by atoms with Crippen molar-refractivity contribution in [2.75, 3.05) is 48.7 Å². The molecule has 122 valence electrons. The van der Waals surface area contributed by atoms with Gasteiger partial charge in [-0.3, -0.25) is 0 Å². The first-order chi connectivity index (χ1) is 11.2. The van der Waals surface area contributed by atoms with Gasteiger partial charge in [-0.25, -0.2) is 15.0 Å². The summed E-state index contributed by atoms with van der Waals surface area (Å²) in [6.07, 6.45) is 3.10. The smallest absolute Gasteiger partial charge is 0.160 e. The van der Waals surface area contributed by atoms with E-state index in [9.17, 15) is 0 Å². The second-order valence-corrected chi connectivity index (χ2v) is 5.80. The average molecular weight is 334 g/mol. The Morgan fingerprint density at radius 3 is 2.61 bits per heavy atom. The monoisotopic (exact) mass is 333 g/mol. The molecule has 2 aromatic rings. The first-order valence-corrected chi connectivity index (χ1v) is 8.01. The Morgan fingerprint density at radius 2 is 1.96 bits per heavy atom. The topological polar surface area (TPSA) is 83.2 Å². The number of rotatable bonds is 4. The lowest BCUT2D eigenvalue weighted by Gasteiger charge is -2.35. The third kappa shape index (κ3) is 3.62. The van der Waals surface area contributed by atoms with Crippen LogP contribution in [0.4, 0.5) is 23.1 Å². The number of nitrogen functional groups attached to an aromatic ring is 1. The van der Waals surface area contributed by atoms with E-state index in [1.807, 2.05) is 0 Å². The number of piperazine rings is 1. The molecule has 1 aliphatic rings. The third-order valence-corrected chi connectivity index (χ3v) is 4.18. The SMILES string of the molecule is CCN1CCN(c2ncnc(Nc3ccc(Cl)cn3)c2N)CC1. The molecular weight excluding hydrogens is 314 g/mol. The van der Waals surface area contributed by atoms with E-state index < -0.39 is 0 Å². The summed E-state index contributed by atoms with van der Waals surface area (Å²) in [6.45, 7) is 7.10. The highest BCUT2D eigenvalue weighted by Crippen LogP contribution is 2.28. The van der Waals surface area contributed by atoms with Gasteiger partial charge in [0.15, 0.2) is 11.6 Å². The summed E-state index contributed by atoms with van der Waals surface area (Å²) >= 11 is 5.85. The molecule has 3 rings (SSSR count). The van der Waals surface area contributed by atoms with Crippen LogP contribution in [0.25, 0.3) is 0 Å². The summed E-state index contributed by atoms with van der Waals surface area (Å²) in [5.74, 6) is 1.97. The minimum Gasteiger partial charge on any atom is -0.393 e. The molecule has 0 bridgehead atoms. The van der Waals surface area contributed by atoms with Crippen LogP contribution < -0.4 is 16.0 Å². The zero-order valence-electron chi connectivity index (χ0n) is 13.0. The molecule has 1 saturated heterocycles. The number of nitrogens with zero attached hydrogens (tertiary/aromatic N) is 5. The second-order valence-electron chi connectivity index (χ2n) is 5.37. The summed E-state index contributed by atoms with van der Waals surface area (Å²) in [5, 5.41) is 3.70. The molecule has 0 aliphatic carbocycles. The Morgan fingerprint density at radius 1 is 1.17 bits per heavy atom. The molecule has 8 heteroatoms. The van der Waals surface area contributed by atoms with E-state index in [1.165, 1.54) is 6.33 Å². The van der Waals surface area contributed by atoms with Gasteiger partial charge in [0.2, 0.25) is 0 Å². The minimum atomic E-state index is 0.536. The lowest BCUT2D eigenvalue weighted by Crippen LogP contribution is -2.46. The van der Waals surface area contributed by atoms with Crippen LogP contribution in [0.5, 0.6) is 0 Å². The van der Waals surface area contributed by atoms with Gasteiger partial charge in [0.1, 0.15) is 17.8 Å². The molecule has 2 aromatic heterocycles. The highest BCUT2D eigenvalue weighted by molar-refractivity contribution is 6.30. The lowest BCUT2D eigenvalue weighted by molar-refractivity contribution is 0.270. The fourth-order valence-electron chi connectivity index (χ4n) is 2.58. The van der Waals surface area contributed by atoms with Crippen molar-refractivity contribution < 1.29 is 0 Å². The summed E-state index contributed by atoms with van der Waals surface area (Å²) < 4.78 is 0. The Labute approximate surface area is 140 Å². The second kappa shape index (κ2) is 6.97. The minimum absolute atomic E-state index is 0.536. The van der Waals surface area contributed by atoms with Crippen molar-refractivity contribution in [1.29, 1.82) is 0 Å². The van der Waals surface area contributed by atoms with E-state index >= 15 is 0 Å². The molecule has 0 unspecified atom stereocenters. The quantitative estimate of drug-likeness (QED) is 0.885. The molecule has 23 heavy (non-hydrogen) atoms. The van der Waals surface area contributed by atoms with Crippen molar-refractivity contribution in [2.24, 2.45) is 0 Å². The van der Waals surface area contributed by atoms with Gasteiger partial charge in [0, 0.05) is 32.4 Å². The molecule has 0 atom stereocenters. The highest BCUT2D eigenvalue weighted by atomic mass is 35.5. The van der Waals surface area contributed by atoms with Crippen LogP contribution in [0.2, 0.25) is 5.02 Å². The maximum absolute atomic E-state index is 6.26. The number of hydrogen-bond acceptors (Lipinski definition) is 7. The van der Waals surface area contributed by atoms with Crippen molar-refractivity contribution in [2.45, 2.75) is 6.92 Å². The lowest BCUT2D eigenvalue weighted by atomic mass is 10.3. The number of anilines is 4. The van der Waals surface area contributed by atoms with Crippen molar-refractivity contribution >= 4 is 34.7 Å². The number of pyridine rings is 1. The predicted octanol–water partition coefficient (Wildman–Crippen LogP) is 1.99. The molecule has 7 nitrogen and oxygen atoms in total. The summed E-state index contributed by atoms with van der Waals surface area (Å²) in [7, 11) is 0. The Kier molecular flexibility index (Phi) is 4.78. The van der Waals surface area contributed by atoms with Gasteiger partial charge in [-0.15, -0.1) is 0 Å². The molecule has 3 N–H and O–H groups in total. The van der Waals surface area contributed by atoms with E-state index in [0.717, 1.165) is 38.5 Å². The number of likely N-dealkylation sites (N-methyl/N-ethyl adjacent to an activating group) is 1. The van der Waals surface area contributed by atoms with Gasteiger partial charge in [0.05, 0.1) is 5.02 Å². The van der Waals surface area contributed by atoms with Crippen molar-refractivity contribution in [3.8, 4) is 0 Å². The number of nitrogens with one attached hydrogen (secondary N) is 1. The van der Waals surface area contributed by atoms with Gasteiger partial charge in [0.25, 0.3) is 0 Å². The van der Waals surface area contributed by atoms with Crippen LogP contribution in [-0.4, -0.2) is 52.6 Å². The molecule has 0 amide bonds. The van der Waals surface area contributed by atoms with Crippen molar-refractivity contribution in [3.63, 3.8) is 0 Å². The van der Waals surface area contributed by atoms with Gasteiger partial charge in [-0.05, 0) is 18.7 Å². The predicted molar refractivity (Wildman–Crippen MR) is 93.3 cm³/mol. The Balaban J connectivity index is 1.77. The fourth-order valence-corrected chi connectivity index (χ4v) is 2.70. The number of aromatic nitrogens is 3. The van der Waals surface area contributed by atoms with Gasteiger partial charge >= 0.3 is 0 Å². The normalized spacial score (nSPS) is 15.7. The first kappa shape index (κ1) is 15.8. The van der Waals surface area contributed by atoms with Crippen molar-refractivity contribution in [1.82, 2.24) is 19.9 Å². The highest BCUT2D eigenvalue weighted by Gasteiger charge is 2.20. The fraction of sp³-hybridized carbons (Fsp3) is 0.400. The van der Waals surface area contributed by atoms with Crippen molar-refractivity contribution in [3.05, 3.63) is 29.7 Å². The van der Waals surface area contributed by atoms with Crippen LogP contribution in [0.15, 0.2) is 24.7 Å². The molecule has 1 fully saturated rings. The molecule has 0 saturated carbocycles. The molecule has 0 radical (unpaired) electrons. The molecular formula is C15H20ClN7. The summed E-state index contributed by atoms with van der Waals surface area (Å²) in [4.78, 5) is 17.4. The molecule has 3 heterocycles. The van der Waals surface area contributed by atoms with Crippen LogP contribution in [0, 0.1) is 0 Å². The van der Waals surface area contributed by atoms with E-state index in [0.29, 0.717) is 22.3 Å². The zero-order valence-corrected chi connectivity index (χ0v) is 13.8. The van der Waals surface area contributed by atoms with Gasteiger partial charge in [-0.1, -0.05) is 18.5 Å². The number of hydrogen-bond donors (Lipinski definition) is 2. The molecule has 1 aliphatic heterocycles. The van der Waals surface area contributed by atoms with E-state index in [1.54, 1.807) is 18.3 Å². The van der Waals surface area contributed by atoms with Gasteiger partial charge in [-0.2, -0.15) is 0 Å². The molecule has 0 aromatic carbocycles. The summed E-state index contributed by atoms with van der Waals surface area (Å²) in [6, 6.07) is 3.54. The number of halogens is 1. The first-order valence-electron chi connectivity index (χ1n) is 7.63. The standard InChI is InChI=1S/C15H20ClN7/c1-2-22-5-7-23(8-6-22)15-13(17)14(19-10-20-15)21-12-4-3-11(16)9-18-12/h3-4,9-10H,2,5-8,17H2,1H3,(H,18,19,20,21). The largest absolute Gasteiger partial charge is 0.393 e. The van der Waals surface area contributed by atoms with Crippen LogP contribution >= 0.6 is 11.6 Å². The summed E-state index contributed by atoms with van der Waals surface area (Å²) in [5.41, 5.74) is 6.80. The Bertz CT molecular complexity index is 653. The third-order valence-electron chi connectivity index (χ3n) is 3.96. The van der Waals surface area contributed by atoms with E-state index in [2.05, 4.69) is 37.0 Å². The van der Waals surface area contributed by atoms with Crippen LogP contribution in [-0.2, 0) is 0 Å². The van der Waals surface area contributed by atoms with Crippen LogP contribution in [0.3, 0.4) is 0 Å². The zero-order chi connectivity index (χ0) is 16.2. The Hall–Kier alpha value is -2.12. The maximum atomic E-state index is 6.26. The van der Waals surface area contributed by atoms with Gasteiger partial charge < -0.3 is 20.9 Å². The average Bonchev–Trinajstić information content (AvgIpc) is 2.59. The maximum Gasteiger partial charge on any atom is 0.160 e. The van der Waals surface area contributed by atoms with E-state index in [4.69, 9.17) is 17.3 Å². The van der Waals surface area contributed by atoms with Crippen LogP contribution in [0.1, 0.15) is 6.92 Å². The molecule has 0 spiro atoms. The number of nitrogens with two attached hydrogens (primary N) is 1. The van der Waals surface area contributed by atoms with E-state index in [-0.39, 0.29) is 0 Å².